The van der Waals surface area contributed by atoms with Crippen molar-refractivity contribution in [1.29, 1.82) is 0 Å². The van der Waals surface area contributed by atoms with Gasteiger partial charge in [-0.3, -0.25) is 18.5 Å². The van der Waals surface area contributed by atoms with Crippen LogP contribution in [0.2, 0.25) is 0 Å². The van der Waals surface area contributed by atoms with Crippen molar-refractivity contribution in [2.75, 3.05) is 18.0 Å². The molecule has 6 rings (SSSR count). The van der Waals surface area contributed by atoms with Gasteiger partial charge < -0.3 is 14.7 Å². The van der Waals surface area contributed by atoms with Gasteiger partial charge in [-0.15, -0.1) is 0 Å². The molecule has 0 aromatic heterocycles. The van der Waals surface area contributed by atoms with E-state index in [9.17, 15) is 48.8 Å². The van der Waals surface area contributed by atoms with Gasteiger partial charge in [-0.1, -0.05) is 33.3 Å². The van der Waals surface area contributed by atoms with Crippen molar-refractivity contribution in [2.45, 2.75) is 132 Å². The first-order valence-corrected chi connectivity index (χ1v) is 26.1. The van der Waals surface area contributed by atoms with E-state index in [-0.39, 0.29) is 21.1 Å². The molecule has 65 heavy (non-hydrogen) atoms. The minimum atomic E-state index is -4.52. The largest absolute Gasteiger partial charge is 0.481 e. The summed E-state index contributed by atoms with van der Waals surface area (Å²) in [5.41, 5.74) is 6.55. The maximum atomic E-state index is 12.4. The molecule has 3 aromatic rings. The molecule has 1 aliphatic carbocycles. The summed E-state index contributed by atoms with van der Waals surface area (Å²) in [4.78, 5) is 12.8. The van der Waals surface area contributed by atoms with E-state index in [1.807, 2.05) is 58.9 Å². The molecule has 0 spiro atoms. The average Bonchev–Trinajstić information content (AvgIpc) is 3.56. The summed E-state index contributed by atoms with van der Waals surface area (Å²) in [7, 11) is -13.5. The molecule has 3 aromatic carbocycles. The van der Waals surface area contributed by atoms with Gasteiger partial charge in [0, 0.05) is 53.4 Å². The van der Waals surface area contributed by atoms with E-state index < -0.39 is 47.2 Å². The Morgan fingerprint density at radius 2 is 1.37 bits per heavy atom. The van der Waals surface area contributed by atoms with Crippen LogP contribution in [0.15, 0.2) is 110 Å². The molecule has 2 aliphatic heterocycles. The third kappa shape index (κ3) is 10.6. The van der Waals surface area contributed by atoms with E-state index in [0.29, 0.717) is 73.4 Å². The number of unbranched alkanes of at least 4 members (excludes halogenated alkanes) is 3. The van der Waals surface area contributed by atoms with Crippen LogP contribution in [0.1, 0.15) is 115 Å². The monoisotopic (exact) mass is 951 g/mol. The number of carboxylic acids is 1. The number of carboxylic acid groups (broad SMARTS) is 1. The molecule has 0 saturated heterocycles. The highest BCUT2D eigenvalue weighted by atomic mass is 32.2. The van der Waals surface area contributed by atoms with E-state index in [4.69, 9.17) is 4.74 Å². The third-order valence-corrected chi connectivity index (χ3v) is 15.1. The number of benzene rings is 3. The van der Waals surface area contributed by atoms with Crippen molar-refractivity contribution in [1.82, 2.24) is 0 Å². The highest BCUT2D eigenvalue weighted by Gasteiger charge is 2.46. The zero-order chi connectivity index (χ0) is 47.9. The number of ether oxygens (including phenoxy) is 1. The van der Waals surface area contributed by atoms with Crippen molar-refractivity contribution >= 4 is 53.4 Å². The number of carbonyl (C=O) groups is 1. The van der Waals surface area contributed by atoms with Gasteiger partial charge in [0.2, 0.25) is 5.69 Å². The number of hydrogen-bond donors (Lipinski definition) is 4. The minimum Gasteiger partial charge on any atom is -0.481 e. The Morgan fingerprint density at radius 3 is 1.97 bits per heavy atom. The minimum absolute atomic E-state index is 0.0487. The lowest BCUT2D eigenvalue weighted by Gasteiger charge is -2.28. The van der Waals surface area contributed by atoms with E-state index in [2.05, 4.69) is 16.4 Å². The van der Waals surface area contributed by atoms with Crippen LogP contribution < -0.4 is 9.64 Å². The predicted molar refractivity (Wildman–Crippen MR) is 249 cm³/mol. The molecular formula is C48H59N2O12S3+. The Hall–Kier alpha value is -4.91. The Bertz CT molecular complexity index is 2900. The molecule has 0 radical (unpaired) electrons. The first-order valence-electron chi connectivity index (χ1n) is 21.7. The number of nitrogens with zero attached hydrogens (tertiary/aromatic N) is 2. The summed E-state index contributed by atoms with van der Waals surface area (Å²) in [5.74, 6) is -0.0153. The number of aliphatic carboxylic acids is 1. The van der Waals surface area contributed by atoms with Gasteiger partial charge in [-0.2, -0.15) is 29.8 Å². The van der Waals surface area contributed by atoms with Gasteiger partial charge in [-0.25, -0.2) is 0 Å². The number of fused-ring (bicyclic) bond motifs is 2. The number of hydrogen-bond acceptors (Lipinski definition) is 9. The van der Waals surface area contributed by atoms with Crippen LogP contribution in [-0.4, -0.2) is 73.4 Å². The summed E-state index contributed by atoms with van der Waals surface area (Å²) in [5, 5.41) is 9.22. The van der Waals surface area contributed by atoms with Gasteiger partial charge in [0.15, 0.2) is 5.71 Å². The zero-order valence-electron chi connectivity index (χ0n) is 37.9. The molecule has 0 unspecified atom stereocenters. The Balaban J connectivity index is 1.51. The number of rotatable bonds is 17. The Morgan fingerprint density at radius 1 is 0.754 bits per heavy atom. The molecule has 0 amide bonds. The van der Waals surface area contributed by atoms with Crippen molar-refractivity contribution in [3.8, 4) is 5.75 Å². The van der Waals surface area contributed by atoms with Gasteiger partial charge in [0.1, 0.15) is 18.1 Å². The second-order valence-electron chi connectivity index (χ2n) is 18.1. The SMILES string of the molecule is CCCCN1C(=CC=C2CCCC(C=CC3=[N+](CCCCCC(=O)O)c4c(C)cc(S(=O)(=O)O)cc4C3(C)C)=C2Oc2ccc(S(=O)(=O)O)cc2)C(C)(C)c2cc(S(=O)(=O)O)cc(C)c21. The van der Waals surface area contributed by atoms with Gasteiger partial charge in [0.25, 0.3) is 30.4 Å². The Kier molecular flexibility index (Phi) is 14.3. The molecule has 350 valence electrons. The molecule has 2 heterocycles. The van der Waals surface area contributed by atoms with E-state index in [0.717, 1.165) is 58.8 Å². The molecule has 0 atom stereocenters. The van der Waals surface area contributed by atoms with Crippen LogP contribution in [0, 0.1) is 13.8 Å². The number of aryl methyl sites for hydroxylation is 2. The van der Waals surface area contributed by atoms with Crippen molar-refractivity contribution in [3.63, 3.8) is 0 Å². The van der Waals surface area contributed by atoms with Crippen molar-refractivity contribution in [2.24, 2.45) is 0 Å². The van der Waals surface area contributed by atoms with Crippen molar-refractivity contribution in [3.05, 3.63) is 118 Å². The van der Waals surface area contributed by atoms with Crippen LogP contribution in [0.5, 0.6) is 5.75 Å². The van der Waals surface area contributed by atoms with Gasteiger partial charge in [0.05, 0.1) is 20.1 Å². The highest BCUT2D eigenvalue weighted by Crippen LogP contribution is 2.51. The molecule has 17 heteroatoms. The fourth-order valence-corrected chi connectivity index (χ4v) is 10.9. The van der Waals surface area contributed by atoms with Crippen LogP contribution >= 0.6 is 0 Å². The maximum Gasteiger partial charge on any atom is 0.303 e. The fraction of sp³-hybridized carbons (Fsp3) is 0.417. The quantitative estimate of drug-likeness (QED) is 0.0564. The normalized spacial score (nSPS) is 18.6. The second kappa shape index (κ2) is 18.8. The molecule has 14 nitrogen and oxygen atoms in total. The summed E-state index contributed by atoms with van der Waals surface area (Å²) < 4.78 is 112. The summed E-state index contributed by atoms with van der Waals surface area (Å²) >= 11 is 0. The van der Waals surface area contributed by atoms with Crippen LogP contribution in [0.4, 0.5) is 11.4 Å². The summed E-state index contributed by atoms with van der Waals surface area (Å²) in [6, 6.07) is 11.4. The van der Waals surface area contributed by atoms with E-state index in [1.54, 1.807) is 13.0 Å². The number of anilines is 1. The molecule has 4 N–H and O–H groups in total. The van der Waals surface area contributed by atoms with E-state index in [1.165, 1.54) is 42.5 Å². The second-order valence-corrected chi connectivity index (χ2v) is 22.3. The van der Waals surface area contributed by atoms with Gasteiger partial charge in [-0.05, 0) is 149 Å². The van der Waals surface area contributed by atoms with Crippen molar-refractivity contribution < 1.29 is 58.1 Å². The third-order valence-electron chi connectivity index (χ3n) is 12.6. The maximum absolute atomic E-state index is 12.4. The summed E-state index contributed by atoms with van der Waals surface area (Å²) in [6.07, 6.45) is 13.6. The summed E-state index contributed by atoms with van der Waals surface area (Å²) in [6.45, 7) is 14.9. The molecular weight excluding hydrogens is 893 g/mol. The topological polar surface area (TPSA) is 216 Å². The standard InChI is InChI=1S/C48H58N2O12S3/c1-8-9-25-49-41(47(4,5)39-29-37(64(56,57)58)27-31(2)44(39)49)23-17-33-14-13-15-34(46(33)62-35-19-21-36(22-20-35)63(53,54)55)18-24-42-48(6,7)40-30-38(65(59,60)61)28-32(3)45(40)50(42)26-12-10-11-16-43(51)52/h17-24,27-30H,8-16,25-26H2,1-7H3,(H3-,51,52,53,54,55,56,57,58,59,60,61)/p+1. The number of allylic oxidation sites excluding steroid dienone is 7. The smallest absolute Gasteiger partial charge is 0.303 e. The highest BCUT2D eigenvalue weighted by molar-refractivity contribution is 7.86. The molecule has 0 saturated carbocycles. The Labute approximate surface area is 383 Å². The average molecular weight is 952 g/mol. The van der Waals surface area contributed by atoms with Gasteiger partial charge >= 0.3 is 5.97 Å². The fourth-order valence-electron chi connectivity index (χ4n) is 9.26. The first-order chi connectivity index (χ1) is 30.3. The first kappa shape index (κ1) is 49.5. The molecule has 0 fully saturated rings. The predicted octanol–water partition coefficient (Wildman–Crippen LogP) is 9.55. The van der Waals surface area contributed by atoms with Crippen LogP contribution in [-0.2, 0) is 46.0 Å². The lowest BCUT2D eigenvalue weighted by Crippen LogP contribution is -2.28. The van der Waals surface area contributed by atoms with Crippen LogP contribution in [0.25, 0.3) is 0 Å². The lowest BCUT2D eigenvalue weighted by molar-refractivity contribution is -0.438. The zero-order valence-corrected chi connectivity index (χ0v) is 40.3. The molecule has 3 aliphatic rings. The molecule has 0 bridgehead atoms. The lowest BCUT2D eigenvalue weighted by atomic mass is 9.80. The van der Waals surface area contributed by atoms with E-state index >= 15 is 0 Å². The van der Waals surface area contributed by atoms with Crippen LogP contribution in [0.3, 0.4) is 0 Å².